The topological polar surface area (TPSA) is 84.5 Å². The van der Waals surface area contributed by atoms with E-state index in [1.165, 1.54) is 25.3 Å². The van der Waals surface area contributed by atoms with Crippen LogP contribution in [0.3, 0.4) is 0 Å². The molecule has 0 spiro atoms. The number of carbonyl (C=O) groups excluding carboxylic acids is 1. The van der Waals surface area contributed by atoms with Crippen molar-refractivity contribution in [1.29, 1.82) is 0 Å². The molecule has 0 heterocycles. The fraction of sp³-hybridized carbons (Fsp3) is 0.133. The second kappa shape index (κ2) is 7.29. The SMILES string of the molecule is COc1ccc(Cl)cc1NC(=O)c1ccc(NS(C)(=O)=O)cc1Cl. The number of amides is 1. The molecule has 0 fully saturated rings. The summed E-state index contributed by atoms with van der Waals surface area (Å²) in [6, 6.07) is 9.02. The van der Waals surface area contributed by atoms with E-state index in [1.54, 1.807) is 18.2 Å². The Morgan fingerprint density at radius 1 is 1.12 bits per heavy atom. The number of carbonyl (C=O) groups is 1. The third-order valence-corrected chi connectivity index (χ3v) is 4.08. The van der Waals surface area contributed by atoms with E-state index >= 15 is 0 Å². The number of nitrogens with one attached hydrogen (secondary N) is 2. The molecular weight excluding hydrogens is 375 g/mol. The molecule has 0 unspecified atom stereocenters. The van der Waals surface area contributed by atoms with Gasteiger partial charge in [-0.2, -0.15) is 0 Å². The van der Waals surface area contributed by atoms with Crippen LogP contribution >= 0.6 is 23.2 Å². The van der Waals surface area contributed by atoms with Crippen molar-refractivity contribution in [3.8, 4) is 5.75 Å². The van der Waals surface area contributed by atoms with Gasteiger partial charge in [-0.3, -0.25) is 9.52 Å². The van der Waals surface area contributed by atoms with Gasteiger partial charge in [0.15, 0.2) is 0 Å². The lowest BCUT2D eigenvalue weighted by atomic mass is 10.2. The average molecular weight is 389 g/mol. The van der Waals surface area contributed by atoms with Crippen LogP contribution in [0.25, 0.3) is 0 Å². The van der Waals surface area contributed by atoms with E-state index in [9.17, 15) is 13.2 Å². The van der Waals surface area contributed by atoms with Crippen molar-refractivity contribution in [1.82, 2.24) is 0 Å². The van der Waals surface area contributed by atoms with E-state index in [2.05, 4.69) is 10.0 Å². The zero-order valence-electron chi connectivity index (χ0n) is 12.8. The highest BCUT2D eigenvalue weighted by atomic mass is 35.5. The maximum absolute atomic E-state index is 12.4. The van der Waals surface area contributed by atoms with Gasteiger partial charge in [-0.1, -0.05) is 23.2 Å². The second-order valence-electron chi connectivity index (χ2n) is 4.87. The van der Waals surface area contributed by atoms with E-state index in [0.29, 0.717) is 16.5 Å². The molecule has 0 saturated heterocycles. The molecule has 6 nitrogen and oxygen atoms in total. The summed E-state index contributed by atoms with van der Waals surface area (Å²) in [5, 5.41) is 3.19. The summed E-state index contributed by atoms with van der Waals surface area (Å²) in [5.41, 5.74) is 0.835. The number of hydrogen-bond donors (Lipinski definition) is 2. The Labute approximate surface area is 149 Å². The fourth-order valence-electron chi connectivity index (χ4n) is 1.94. The smallest absolute Gasteiger partial charge is 0.257 e. The predicted octanol–water partition coefficient (Wildman–Crippen LogP) is 3.63. The molecule has 0 radical (unpaired) electrons. The van der Waals surface area contributed by atoms with Crippen molar-refractivity contribution >= 4 is 50.5 Å². The molecule has 2 rings (SSSR count). The van der Waals surface area contributed by atoms with Crippen LogP contribution in [-0.2, 0) is 10.0 Å². The maximum atomic E-state index is 12.4. The van der Waals surface area contributed by atoms with Crippen LogP contribution in [0, 0.1) is 0 Å². The zero-order valence-corrected chi connectivity index (χ0v) is 15.1. The molecule has 9 heteroatoms. The van der Waals surface area contributed by atoms with Crippen LogP contribution in [0.4, 0.5) is 11.4 Å². The first-order valence-corrected chi connectivity index (χ1v) is 9.26. The largest absolute Gasteiger partial charge is 0.495 e. The number of methoxy groups -OCH3 is 1. The standard InChI is InChI=1S/C15H14Cl2N2O4S/c1-23-14-6-3-9(16)7-13(14)18-15(20)11-5-4-10(8-12(11)17)19-24(2,21)22/h3-8,19H,1-2H3,(H,18,20). The van der Waals surface area contributed by atoms with E-state index < -0.39 is 15.9 Å². The summed E-state index contributed by atoms with van der Waals surface area (Å²) in [6.07, 6.45) is 1.02. The first-order chi connectivity index (χ1) is 11.2. The highest BCUT2D eigenvalue weighted by Gasteiger charge is 2.14. The molecule has 2 aromatic carbocycles. The summed E-state index contributed by atoms with van der Waals surface area (Å²) in [4.78, 5) is 12.4. The van der Waals surface area contributed by atoms with Crippen LogP contribution < -0.4 is 14.8 Å². The van der Waals surface area contributed by atoms with Gasteiger partial charge in [-0.15, -0.1) is 0 Å². The maximum Gasteiger partial charge on any atom is 0.257 e. The van der Waals surface area contributed by atoms with E-state index in [4.69, 9.17) is 27.9 Å². The van der Waals surface area contributed by atoms with Crippen molar-refractivity contribution in [3.05, 3.63) is 52.0 Å². The lowest BCUT2D eigenvalue weighted by Crippen LogP contribution is -2.14. The fourth-order valence-corrected chi connectivity index (χ4v) is 2.94. The summed E-state index contributed by atoms with van der Waals surface area (Å²) in [6.45, 7) is 0. The van der Waals surface area contributed by atoms with Gasteiger partial charge in [0.2, 0.25) is 10.0 Å². The average Bonchev–Trinajstić information content (AvgIpc) is 2.45. The number of halogens is 2. The molecule has 0 aliphatic rings. The number of rotatable bonds is 5. The van der Waals surface area contributed by atoms with Crippen LogP contribution in [-0.4, -0.2) is 27.7 Å². The highest BCUT2D eigenvalue weighted by molar-refractivity contribution is 7.92. The molecular formula is C15H14Cl2N2O4S. The molecule has 128 valence electrons. The van der Waals surface area contributed by atoms with Crippen LogP contribution in [0.15, 0.2) is 36.4 Å². The lowest BCUT2D eigenvalue weighted by molar-refractivity contribution is 0.102. The van der Waals surface area contributed by atoms with E-state index in [0.717, 1.165) is 6.26 Å². The summed E-state index contributed by atoms with van der Waals surface area (Å²) in [5.74, 6) is -0.0364. The molecule has 0 atom stereocenters. The van der Waals surface area contributed by atoms with Gasteiger partial charge in [-0.25, -0.2) is 8.42 Å². The van der Waals surface area contributed by atoms with Gasteiger partial charge >= 0.3 is 0 Å². The Hall–Kier alpha value is -1.96. The molecule has 0 bridgehead atoms. The minimum absolute atomic E-state index is 0.0992. The van der Waals surface area contributed by atoms with Crippen LogP contribution in [0.1, 0.15) is 10.4 Å². The van der Waals surface area contributed by atoms with Gasteiger partial charge in [0.05, 0.1) is 29.6 Å². The molecule has 0 aliphatic carbocycles. The van der Waals surface area contributed by atoms with Gasteiger partial charge in [-0.05, 0) is 36.4 Å². The molecule has 24 heavy (non-hydrogen) atoms. The molecule has 1 amide bonds. The zero-order chi connectivity index (χ0) is 17.9. The van der Waals surface area contributed by atoms with E-state index in [-0.39, 0.29) is 16.3 Å². The number of anilines is 2. The minimum atomic E-state index is -3.43. The van der Waals surface area contributed by atoms with Crippen LogP contribution in [0.5, 0.6) is 5.75 Å². The first-order valence-electron chi connectivity index (χ1n) is 6.62. The number of ether oxygens (including phenoxy) is 1. The second-order valence-corrected chi connectivity index (χ2v) is 7.46. The quantitative estimate of drug-likeness (QED) is 0.818. The molecule has 2 aromatic rings. The van der Waals surface area contributed by atoms with Gasteiger partial charge in [0.1, 0.15) is 5.75 Å². The van der Waals surface area contributed by atoms with Gasteiger partial charge < -0.3 is 10.1 Å². The van der Waals surface area contributed by atoms with Gasteiger partial charge in [0, 0.05) is 10.7 Å². The number of sulfonamides is 1. The molecule has 0 saturated carbocycles. The third kappa shape index (κ3) is 4.77. The Kier molecular flexibility index (Phi) is 5.58. The highest BCUT2D eigenvalue weighted by Crippen LogP contribution is 2.29. The molecule has 0 aromatic heterocycles. The van der Waals surface area contributed by atoms with Gasteiger partial charge in [0.25, 0.3) is 5.91 Å². The Morgan fingerprint density at radius 3 is 2.42 bits per heavy atom. The Balaban J connectivity index is 2.26. The van der Waals surface area contributed by atoms with Crippen molar-refractivity contribution in [2.75, 3.05) is 23.4 Å². The lowest BCUT2D eigenvalue weighted by Gasteiger charge is -2.12. The summed E-state index contributed by atoms with van der Waals surface area (Å²) in [7, 11) is -1.96. The molecule has 0 aliphatic heterocycles. The predicted molar refractivity (Wildman–Crippen MR) is 95.9 cm³/mol. The Bertz CT molecular complexity index is 885. The minimum Gasteiger partial charge on any atom is -0.495 e. The first kappa shape index (κ1) is 18.4. The van der Waals surface area contributed by atoms with Crippen molar-refractivity contribution in [3.63, 3.8) is 0 Å². The van der Waals surface area contributed by atoms with E-state index in [1.807, 2.05) is 0 Å². The summed E-state index contributed by atoms with van der Waals surface area (Å²) < 4.78 is 29.9. The number of hydrogen-bond acceptors (Lipinski definition) is 4. The Morgan fingerprint density at radius 2 is 1.83 bits per heavy atom. The summed E-state index contributed by atoms with van der Waals surface area (Å²) >= 11 is 12.0. The van der Waals surface area contributed by atoms with Crippen LogP contribution in [0.2, 0.25) is 10.0 Å². The van der Waals surface area contributed by atoms with Crippen molar-refractivity contribution in [2.24, 2.45) is 0 Å². The number of benzene rings is 2. The normalized spacial score (nSPS) is 11.0. The monoisotopic (exact) mass is 388 g/mol. The van der Waals surface area contributed by atoms with Crippen molar-refractivity contribution < 1.29 is 17.9 Å². The van der Waals surface area contributed by atoms with Crippen molar-refractivity contribution in [2.45, 2.75) is 0 Å². The third-order valence-electron chi connectivity index (χ3n) is 2.93. The molecule has 2 N–H and O–H groups in total.